The van der Waals surface area contributed by atoms with Gasteiger partial charge in [0.25, 0.3) is 10.0 Å². The average molecular weight is 334 g/mol. The summed E-state index contributed by atoms with van der Waals surface area (Å²) in [7, 11) is -3.61. The molecule has 22 heavy (non-hydrogen) atoms. The number of rotatable bonds is 3. The van der Waals surface area contributed by atoms with Gasteiger partial charge in [-0.2, -0.15) is 17.9 Å². The van der Waals surface area contributed by atoms with Gasteiger partial charge >= 0.3 is 0 Å². The summed E-state index contributed by atoms with van der Waals surface area (Å²) in [6.45, 7) is 0.136. The van der Waals surface area contributed by atoms with Crippen LogP contribution in [0.5, 0.6) is 0 Å². The van der Waals surface area contributed by atoms with Gasteiger partial charge in [0, 0.05) is 11.5 Å². The molecule has 0 atom stereocenters. The van der Waals surface area contributed by atoms with E-state index >= 15 is 0 Å². The molecular formula is C14H14N4O2S2. The highest BCUT2D eigenvalue weighted by molar-refractivity contribution is 7.89. The van der Waals surface area contributed by atoms with Crippen LogP contribution >= 0.6 is 11.3 Å². The lowest BCUT2D eigenvalue weighted by Gasteiger charge is -2.23. The minimum atomic E-state index is -3.61. The third-order valence-corrected chi connectivity index (χ3v) is 6.78. The van der Waals surface area contributed by atoms with Gasteiger partial charge in [-0.3, -0.25) is 0 Å². The quantitative estimate of drug-likeness (QED) is 0.863. The zero-order valence-corrected chi connectivity index (χ0v) is 13.3. The molecule has 114 valence electrons. The largest absolute Gasteiger partial charge is 0.280 e. The second kappa shape index (κ2) is 5.13. The van der Waals surface area contributed by atoms with Crippen LogP contribution in [-0.4, -0.2) is 29.2 Å². The molecule has 2 aromatic rings. The minimum absolute atomic E-state index is 0.136. The fourth-order valence-electron chi connectivity index (χ4n) is 2.52. The summed E-state index contributed by atoms with van der Waals surface area (Å²) in [6, 6.07) is 6.86. The Kier molecular flexibility index (Phi) is 3.23. The second-order valence-electron chi connectivity index (χ2n) is 5.43. The molecule has 8 heteroatoms. The molecule has 1 aliphatic carbocycles. The number of hydrazone groups is 1. The van der Waals surface area contributed by atoms with E-state index in [4.69, 9.17) is 0 Å². The van der Waals surface area contributed by atoms with E-state index in [0.717, 1.165) is 22.3 Å². The van der Waals surface area contributed by atoms with Crippen LogP contribution in [0, 0.1) is 0 Å². The second-order valence-corrected chi connectivity index (χ2v) is 8.33. The summed E-state index contributed by atoms with van der Waals surface area (Å²) >= 11 is 1.49. The molecule has 4 rings (SSSR count). The average Bonchev–Trinajstić information content (AvgIpc) is 2.89. The van der Waals surface area contributed by atoms with Crippen LogP contribution in [-0.2, 0) is 16.6 Å². The van der Waals surface area contributed by atoms with Crippen molar-refractivity contribution in [2.45, 2.75) is 36.6 Å². The lowest BCUT2D eigenvalue weighted by atomic mass is 9.86. The molecule has 1 saturated carbocycles. The van der Waals surface area contributed by atoms with Crippen molar-refractivity contribution in [3.05, 3.63) is 39.8 Å². The van der Waals surface area contributed by atoms with Crippen molar-refractivity contribution in [3.63, 3.8) is 0 Å². The van der Waals surface area contributed by atoms with Gasteiger partial charge in [-0.25, -0.2) is 0 Å². The number of fused-ring (bicyclic) bond motifs is 1. The van der Waals surface area contributed by atoms with Crippen LogP contribution in [0.4, 0.5) is 0 Å². The summed E-state index contributed by atoms with van der Waals surface area (Å²) in [5.74, 6) is 0.508. The molecule has 0 radical (unpaired) electrons. The first-order valence-electron chi connectivity index (χ1n) is 7.12. The third kappa shape index (κ3) is 2.22. The number of benzene rings is 1. The van der Waals surface area contributed by atoms with Crippen molar-refractivity contribution in [3.8, 4) is 0 Å². The molecule has 0 spiro atoms. The summed E-state index contributed by atoms with van der Waals surface area (Å²) < 4.78 is 26.3. The van der Waals surface area contributed by atoms with Gasteiger partial charge in [-0.05, 0) is 18.9 Å². The minimum Gasteiger partial charge on any atom is -0.200 e. The summed E-state index contributed by atoms with van der Waals surface area (Å²) in [5.41, 5.74) is 0.617. The fraction of sp³-hybridized carbons (Fsp3) is 0.357. The van der Waals surface area contributed by atoms with Crippen LogP contribution in [0.3, 0.4) is 0 Å². The Bertz CT molecular complexity index is 840. The summed E-state index contributed by atoms with van der Waals surface area (Å²) in [4.78, 5) is 0.286. The molecule has 1 fully saturated rings. The van der Waals surface area contributed by atoms with Crippen LogP contribution in [0.2, 0.25) is 0 Å². The van der Waals surface area contributed by atoms with Crippen LogP contribution in [0.25, 0.3) is 0 Å². The van der Waals surface area contributed by atoms with Crippen molar-refractivity contribution in [1.82, 2.24) is 14.6 Å². The molecule has 0 saturated heterocycles. The zero-order chi connectivity index (χ0) is 15.2. The zero-order valence-electron chi connectivity index (χ0n) is 11.7. The van der Waals surface area contributed by atoms with Crippen molar-refractivity contribution in [2.24, 2.45) is 5.10 Å². The maximum absolute atomic E-state index is 12.6. The van der Waals surface area contributed by atoms with Crippen molar-refractivity contribution in [1.29, 1.82) is 0 Å². The Morgan fingerprint density at radius 3 is 2.82 bits per heavy atom. The smallest absolute Gasteiger partial charge is 0.200 e. The third-order valence-electron chi connectivity index (χ3n) is 4.01. The first-order valence-corrected chi connectivity index (χ1v) is 9.38. The van der Waals surface area contributed by atoms with E-state index in [0.29, 0.717) is 16.5 Å². The molecule has 0 N–H and O–H groups in total. The highest BCUT2D eigenvalue weighted by atomic mass is 32.2. The molecule has 2 heterocycles. The lowest BCUT2D eigenvalue weighted by molar-refractivity contribution is 0.414. The van der Waals surface area contributed by atoms with E-state index in [1.54, 1.807) is 30.5 Å². The Balaban J connectivity index is 1.60. The van der Waals surface area contributed by atoms with E-state index in [-0.39, 0.29) is 11.4 Å². The summed E-state index contributed by atoms with van der Waals surface area (Å²) in [5, 5.41) is 14.1. The Morgan fingerprint density at radius 2 is 2.05 bits per heavy atom. The molecule has 1 aliphatic heterocycles. The monoisotopic (exact) mass is 334 g/mol. The van der Waals surface area contributed by atoms with Crippen molar-refractivity contribution >= 4 is 27.6 Å². The number of aromatic nitrogens is 2. The van der Waals surface area contributed by atoms with Crippen molar-refractivity contribution in [2.75, 3.05) is 0 Å². The first kappa shape index (κ1) is 13.8. The number of sulfonamides is 1. The first-order chi connectivity index (χ1) is 10.6. The Hall–Kier alpha value is -1.80. The number of hydrogen-bond donors (Lipinski definition) is 0. The van der Waals surface area contributed by atoms with Gasteiger partial charge in [0.2, 0.25) is 0 Å². The van der Waals surface area contributed by atoms with Gasteiger partial charge in [-0.15, -0.1) is 10.2 Å². The molecule has 0 amide bonds. The number of nitrogens with zero attached hydrogens (tertiary/aromatic N) is 4. The lowest BCUT2D eigenvalue weighted by Crippen LogP contribution is -2.29. The summed E-state index contributed by atoms with van der Waals surface area (Å²) in [6.07, 6.45) is 5.12. The van der Waals surface area contributed by atoms with Gasteiger partial charge in [-0.1, -0.05) is 36.0 Å². The van der Waals surface area contributed by atoms with E-state index in [1.165, 1.54) is 17.8 Å². The molecule has 0 bridgehead atoms. The SMILES string of the molecule is O=S1(=O)c2ccccc2C=NN1Cc1nnc(C2CCC2)s1. The highest BCUT2D eigenvalue weighted by Crippen LogP contribution is 2.38. The van der Waals surface area contributed by atoms with Gasteiger partial charge in [0.1, 0.15) is 16.6 Å². The molecule has 2 aliphatic rings. The normalized spacial score (nSPS) is 19.7. The predicted octanol–water partition coefficient (Wildman–Crippen LogP) is 2.34. The Labute approximate surface area is 132 Å². The molecule has 6 nitrogen and oxygen atoms in total. The predicted molar refractivity (Wildman–Crippen MR) is 83.3 cm³/mol. The van der Waals surface area contributed by atoms with Gasteiger partial charge < -0.3 is 0 Å². The van der Waals surface area contributed by atoms with E-state index < -0.39 is 10.0 Å². The highest BCUT2D eigenvalue weighted by Gasteiger charge is 2.30. The van der Waals surface area contributed by atoms with Crippen LogP contribution in [0.1, 0.15) is 40.8 Å². The maximum Gasteiger partial charge on any atom is 0.280 e. The Morgan fingerprint density at radius 1 is 1.23 bits per heavy atom. The molecule has 1 aromatic heterocycles. The van der Waals surface area contributed by atoms with Crippen LogP contribution < -0.4 is 0 Å². The number of hydrogen-bond acceptors (Lipinski definition) is 6. The van der Waals surface area contributed by atoms with Gasteiger partial charge in [0.15, 0.2) is 0 Å². The standard InChI is InChI=1S/C14H14N4O2S2/c19-22(20)12-7-2-1-4-11(12)8-15-18(22)9-13-16-17-14(21-13)10-5-3-6-10/h1-2,4,7-8,10H,3,5-6,9H2. The van der Waals surface area contributed by atoms with Crippen LogP contribution in [0.15, 0.2) is 34.3 Å². The molecule has 0 unspecified atom stereocenters. The van der Waals surface area contributed by atoms with Crippen molar-refractivity contribution < 1.29 is 8.42 Å². The molecular weight excluding hydrogens is 320 g/mol. The maximum atomic E-state index is 12.6. The fourth-order valence-corrected chi connectivity index (χ4v) is 4.95. The topological polar surface area (TPSA) is 75.5 Å². The van der Waals surface area contributed by atoms with E-state index in [1.807, 2.05) is 0 Å². The van der Waals surface area contributed by atoms with Gasteiger partial charge in [0.05, 0.1) is 11.1 Å². The van der Waals surface area contributed by atoms with E-state index in [9.17, 15) is 8.42 Å². The molecule has 1 aromatic carbocycles. The van der Waals surface area contributed by atoms with E-state index in [2.05, 4.69) is 15.3 Å².